The molecule has 0 saturated carbocycles. The van der Waals surface area contributed by atoms with E-state index in [0.717, 1.165) is 11.6 Å². The average Bonchev–Trinajstić information content (AvgIpc) is 3.04. The summed E-state index contributed by atoms with van der Waals surface area (Å²) in [5, 5.41) is 13.7. The van der Waals surface area contributed by atoms with E-state index < -0.39 is 33.4 Å². The Morgan fingerprint density at radius 1 is 1.25 bits per heavy atom. The van der Waals surface area contributed by atoms with Crippen molar-refractivity contribution < 1.29 is 18.1 Å². The van der Waals surface area contributed by atoms with Crippen LogP contribution < -0.4 is 5.32 Å². The molecule has 0 bridgehead atoms. The number of alkyl halides is 3. The van der Waals surface area contributed by atoms with Crippen molar-refractivity contribution in [2.24, 2.45) is 7.05 Å². The molecule has 0 aliphatic rings. The predicted octanol–water partition coefficient (Wildman–Crippen LogP) is 5.20. The van der Waals surface area contributed by atoms with Crippen LogP contribution in [0.2, 0.25) is 5.02 Å². The zero-order valence-electron chi connectivity index (χ0n) is 14.4. The summed E-state index contributed by atoms with van der Waals surface area (Å²) in [6.45, 7) is 0. The van der Waals surface area contributed by atoms with Crippen molar-refractivity contribution >= 4 is 23.0 Å². The van der Waals surface area contributed by atoms with Gasteiger partial charge in [0.25, 0.3) is 5.69 Å². The summed E-state index contributed by atoms with van der Waals surface area (Å²) in [5.74, 6) is 0.525. The van der Waals surface area contributed by atoms with Gasteiger partial charge < -0.3 is 9.88 Å². The summed E-state index contributed by atoms with van der Waals surface area (Å²) < 4.78 is 41.0. The molecule has 6 nitrogen and oxygen atoms in total. The van der Waals surface area contributed by atoms with Crippen molar-refractivity contribution in [3.05, 3.63) is 86.9 Å². The van der Waals surface area contributed by atoms with Gasteiger partial charge in [0.15, 0.2) is 0 Å². The first-order valence-corrected chi connectivity index (χ1v) is 8.40. The lowest BCUT2D eigenvalue weighted by atomic mass is 10.0. The molecule has 1 N–H and O–H groups in total. The minimum Gasteiger partial charge on any atom is -0.366 e. The normalized spacial score (nSPS) is 12.6. The van der Waals surface area contributed by atoms with Crippen LogP contribution in [-0.4, -0.2) is 14.5 Å². The zero-order chi connectivity index (χ0) is 20.5. The fourth-order valence-corrected chi connectivity index (χ4v) is 3.07. The monoisotopic (exact) mass is 410 g/mol. The first-order valence-electron chi connectivity index (χ1n) is 8.02. The van der Waals surface area contributed by atoms with Gasteiger partial charge in [0.1, 0.15) is 17.6 Å². The van der Waals surface area contributed by atoms with Crippen LogP contribution in [0.25, 0.3) is 0 Å². The van der Waals surface area contributed by atoms with E-state index >= 15 is 0 Å². The smallest absolute Gasteiger partial charge is 0.366 e. The number of anilines is 1. The molecule has 2 aromatic carbocycles. The molecule has 0 aliphatic heterocycles. The van der Waals surface area contributed by atoms with E-state index in [9.17, 15) is 23.3 Å². The molecule has 28 heavy (non-hydrogen) atoms. The van der Waals surface area contributed by atoms with Gasteiger partial charge in [-0.15, -0.1) is 0 Å². The first-order chi connectivity index (χ1) is 13.2. The summed E-state index contributed by atoms with van der Waals surface area (Å²) in [6.07, 6.45) is -1.55. The van der Waals surface area contributed by atoms with E-state index in [2.05, 4.69) is 10.3 Å². The number of nitrogens with one attached hydrogen (secondary N) is 1. The maximum atomic E-state index is 13.1. The van der Waals surface area contributed by atoms with E-state index in [1.807, 2.05) is 0 Å². The maximum Gasteiger partial charge on any atom is 0.418 e. The lowest BCUT2D eigenvalue weighted by Crippen LogP contribution is -2.18. The molecule has 0 amide bonds. The van der Waals surface area contributed by atoms with E-state index in [0.29, 0.717) is 11.9 Å². The SMILES string of the molecule is Cn1ccnc1[C@H](Nc1cc(Cl)c(C(F)(F)F)cc1[N+](=O)[O-])c1ccccc1. The van der Waals surface area contributed by atoms with Gasteiger partial charge in [0.2, 0.25) is 0 Å². The molecule has 0 fully saturated rings. The quantitative estimate of drug-likeness (QED) is 0.463. The molecule has 0 saturated heterocycles. The minimum absolute atomic E-state index is 0.139. The van der Waals surface area contributed by atoms with Gasteiger partial charge in [-0.05, 0) is 11.6 Å². The number of nitro benzene ring substituents is 1. The number of nitrogens with zero attached hydrogens (tertiary/aromatic N) is 3. The van der Waals surface area contributed by atoms with Crippen LogP contribution in [-0.2, 0) is 13.2 Å². The largest absolute Gasteiger partial charge is 0.418 e. The van der Waals surface area contributed by atoms with Crippen molar-refractivity contribution in [1.29, 1.82) is 0 Å². The van der Waals surface area contributed by atoms with Crippen LogP contribution >= 0.6 is 11.6 Å². The standard InChI is InChI=1S/C18H14ClF3N4O2/c1-25-8-7-23-17(25)16(11-5-3-2-4-6-11)24-14-10-13(19)12(18(20,21)22)9-15(14)26(27)28/h2-10,16,24H,1H3/t16-/m1/s1. The highest BCUT2D eigenvalue weighted by molar-refractivity contribution is 6.31. The molecule has 3 rings (SSSR count). The Morgan fingerprint density at radius 3 is 2.46 bits per heavy atom. The van der Waals surface area contributed by atoms with Gasteiger partial charge in [0, 0.05) is 25.5 Å². The Balaban J connectivity index is 2.12. The number of halogens is 4. The summed E-state index contributed by atoms with van der Waals surface area (Å²) in [7, 11) is 1.74. The number of benzene rings is 2. The van der Waals surface area contributed by atoms with Crippen LogP contribution in [0.5, 0.6) is 0 Å². The molecule has 0 radical (unpaired) electrons. The molecular formula is C18H14ClF3N4O2. The number of rotatable bonds is 5. The Labute approximate surface area is 162 Å². The molecule has 3 aromatic rings. The Kier molecular flexibility index (Phi) is 5.28. The van der Waals surface area contributed by atoms with E-state index in [-0.39, 0.29) is 5.69 Å². The predicted molar refractivity (Wildman–Crippen MR) is 98.2 cm³/mol. The minimum atomic E-state index is -4.81. The molecule has 1 atom stereocenters. The second-order valence-electron chi connectivity index (χ2n) is 5.99. The van der Waals surface area contributed by atoms with Crippen molar-refractivity contribution in [2.75, 3.05) is 5.32 Å². The van der Waals surface area contributed by atoms with E-state index in [4.69, 9.17) is 11.6 Å². The van der Waals surface area contributed by atoms with Gasteiger partial charge in [-0.1, -0.05) is 41.9 Å². The highest BCUT2D eigenvalue weighted by Gasteiger charge is 2.36. The van der Waals surface area contributed by atoms with Crippen molar-refractivity contribution in [2.45, 2.75) is 12.2 Å². The lowest BCUT2D eigenvalue weighted by molar-refractivity contribution is -0.384. The lowest BCUT2D eigenvalue weighted by Gasteiger charge is -2.21. The highest BCUT2D eigenvalue weighted by Crippen LogP contribution is 2.41. The summed E-state index contributed by atoms with van der Waals surface area (Å²) in [5.41, 5.74) is -1.41. The number of hydrogen-bond acceptors (Lipinski definition) is 4. The fraction of sp³-hybridized carbons (Fsp3) is 0.167. The molecular weight excluding hydrogens is 397 g/mol. The van der Waals surface area contributed by atoms with E-state index in [1.165, 1.54) is 0 Å². The van der Waals surface area contributed by atoms with Gasteiger partial charge in [-0.25, -0.2) is 4.98 Å². The number of hydrogen-bond donors (Lipinski definition) is 1. The van der Waals surface area contributed by atoms with Crippen molar-refractivity contribution in [1.82, 2.24) is 9.55 Å². The zero-order valence-corrected chi connectivity index (χ0v) is 15.2. The Morgan fingerprint density at radius 2 is 1.93 bits per heavy atom. The Bertz CT molecular complexity index is 1010. The number of imidazole rings is 1. The van der Waals surface area contributed by atoms with Crippen molar-refractivity contribution in [3.8, 4) is 0 Å². The van der Waals surface area contributed by atoms with Crippen LogP contribution in [0.15, 0.2) is 54.9 Å². The van der Waals surface area contributed by atoms with Crippen LogP contribution in [0, 0.1) is 10.1 Å². The molecule has 0 spiro atoms. The topological polar surface area (TPSA) is 73.0 Å². The van der Waals surface area contributed by atoms with Crippen LogP contribution in [0.3, 0.4) is 0 Å². The number of aryl methyl sites for hydroxylation is 1. The summed E-state index contributed by atoms with van der Waals surface area (Å²) in [4.78, 5) is 14.8. The van der Waals surface area contributed by atoms with Crippen LogP contribution in [0.4, 0.5) is 24.5 Å². The molecule has 1 heterocycles. The summed E-state index contributed by atoms with van der Waals surface area (Å²) >= 11 is 5.77. The third kappa shape index (κ3) is 3.94. The molecule has 0 aliphatic carbocycles. The second-order valence-corrected chi connectivity index (χ2v) is 6.40. The Hall–Kier alpha value is -3.07. The first kappa shape index (κ1) is 19.7. The second kappa shape index (κ2) is 7.51. The molecule has 146 valence electrons. The van der Waals surface area contributed by atoms with Gasteiger partial charge in [0.05, 0.1) is 15.5 Å². The number of nitro groups is 1. The van der Waals surface area contributed by atoms with Crippen molar-refractivity contribution in [3.63, 3.8) is 0 Å². The molecule has 10 heteroatoms. The summed E-state index contributed by atoms with van der Waals surface area (Å²) in [6, 6.07) is 9.63. The maximum absolute atomic E-state index is 13.1. The average molecular weight is 411 g/mol. The fourth-order valence-electron chi connectivity index (χ4n) is 2.80. The van der Waals surface area contributed by atoms with Crippen LogP contribution in [0.1, 0.15) is 23.0 Å². The van der Waals surface area contributed by atoms with Gasteiger partial charge in [-0.3, -0.25) is 10.1 Å². The van der Waals surface area contributed by atoms with Gasteiger partial charge >= 0.3 is 6.18 Å². The third-order valence-corrected chi connectivity index (χ3v) is 4.45. The third-order valence-electron chi connectivity index (χ3n) is 4.14. The number of aromatic nitrogens is 2. The molecule has 0 unspecified atom stereocenters. The van der Waals surface area contributed by atoms with Gasteiger partial charge in [-0.2, -0.15) is 13.2 Å². The molecule has 1 aromatic heterocycles. The highest BCUT2D eigenvalue weighted by atomic mass is 35.5. The van der Waals surface area contributed by atoms with E-state index in [1.54, 1.807) is 54.3 Å².